The highest BCUT2D eigenvalue weighted by atomic mass is 32.1. The summed E-state index contributed by atoms with van der Waals surface area (Å²) in [6, 6.07) is 9.60. The molecule has 2 heterocycles. The van der Waals surface area contributed by atoms with Gasteiger partial charge in [0.05, 0.1) is 5.01 Å². The zero-order chi connectivity index (χ0) is 16.9. The summed E-state index contributed by atoms with van der Waals surface area (Å²) < 4.78 is 1.69. The molecule has 0 bridgehead atoms. The van der Waals surface area contributed by atoms with Crippen LogP contribution >= 0.6 is 11.3 Å². The van der Waals surface area contributed by atoms with Crippen molar-refractivity contribution in [1.82, 2.24) is 20.1 Å². The van der Waals surface area contributed by atoms with Crippen LogP contribution in [-0.2, 0) is 13.5 Å². The Labute approximate surface area is 144 Å². The topological polar surface area (TPSA) is 71.8 Å². The summed E-state index contributed by atoms with van der Waals surface area (Å²) >= 11 is 1.65. The molecule has 3 rings (SSSR count). The fourth-order valence-corrected chi connectivity index (χ4v) is 3.15. The number of thiazole rings is 1. The van der Waals surface area contributed by atoms with Gasteiger partial charge in [0.2, 0.25) is 0 Å². The first-order chi connectivity index (χ1) is 11.6. The molecule has 0 fully saturated rings. The van der Waals surface area contributed by atoms with Crippen molar-refractivity contribution < 1.29 is 4.79 Å². The van der Waals surface area contributed by atoms with E-state index >= 15 is 0 Å². The lowest BCUT2D eigenvalue weighted by Crippen LogP contribution is -2.30. The zero-order valence-corrected chi connectivity index (χ0v) is 14.4. The number of rotatable bonds is 5. The summed E-state index contributed by atoms with van der Waals surface area (Å²) in [7, 11) is 1.83. The first-order valence-electron chi connectivity index (χ1n) is 7.67. The van der Waals surface area contributed by atoms with Gasteiger partial charge in [-0.2, -0.15) is 5.10 Å². The lowest BCUT2D eigenvalue weighted by Gasteiger charge is -2.06. The van der Waals surface area contributed by atoms with Crippen molar-refractivity contribution in [2.45, 2.75) is 13.3 Å². The van der Waals surface area contributed by atoms with Crippen molar-refractivity contribution in [2.24, 2.45) is 7.05 Å². The number of hydrogen-bond acceptors (Lipinski definition) is 4. The zero-order valence-electron chi connectivity index (χ0n) is 13.6. The minimum atomic E-state index is -0.265. The number of nitrogens with one attached hydrogen (secondary N) is 2. The van der Waals surface area contributed by atoms with Gasteiger partial charge < -0.3 is 5.32 Å². The summed E-state index contributed by atoms with van der Waals surface area (Å²) in [5, 5.41) is 11.0. The third-order valence-corrected chi connectivity index (χ3v) is 4.41. The van der Waals surface area contributed by atoms with Crippen LogP contribution in [0.3, 0.4) is 0 Å². The van der Waals surface area contributed by atoms with E-state index in [2.05, 4.69) is 20.7 Å². The monoisotopic (exact) mass is 341 g/mol. The van der Waals surface area contributed by atoms with E-state index in [1.807, 2.05) is 56.7 Å². The molecule has 0 aliphatic heterocycles. The van der Waals surface area contributed by atoms with Gasteiger partial charge in [-0.1, -0.05) is 30.3 Å². The van der Waals surface area contributed by atoms with Crippen LogP contribution in [-0.4, -0.2) is 27.3 Å². The van der Waals surface area contributed by atoms with Gasteiger partial charge in [-0.15, -0.1) is 11.3 Å². The maximum atomic E-state index is 12.1. The van der Waals surface area contributed by atoms with E-state index in [4.69, 9.17) is 0 Å². The predicted molar refractivity (Wildman–Crippen MR) is 96.2 cm³/mol. The predicted octanol–water partition coefficient (Wildman–Crippen LogP) is 3.22. The fourth-order valence-electron chi connectivity index (χ4n) is 2.36. The van der Waals surface area contributed by atoms with Crippen LogP contribution in [0.15, 0.2) is 42.7 Å². The molecule has 0 unspecified atom stereocenters. The molecule has 7 heteroatoms. The van der Waals surface area contributed by atoms with E-state index in [9.17, 15) is 4.79 Å². The number of carbonyl (C=O) groups is 1. The third kappa shape index (κ3) is 3.99. The van der Waals surface area contributed by atoms with Crippen molar-refractivity contribution in [3.8, 4) is 11.1 Å². The van der Waals surface area contributed by atoms with Crippen LogP contribution in [0.4, 0.5) is 10.6 Å². The molecular formula is C17H19N5OS. The number of benzene rings is 1. The Balaban J connectivity index is 1.60. The molecule has 6 nitrogen and oxygen atoms in total. The van der Waals surface area contributed by atoms with E-state index in [-0.39, 0.29) is 6.03 Å². The van der Waals surface area contributed by atoms with E-state index in [1.165, 1.54) is 4.88 Å². The molecular weight excluding hydrogens is 322 g/mol. The summed E-state index contributed by atoms with van der Waals surface area (Å²) in [6.45, 7) is 2.56. The van der Waals surface area contributed by atoms with Crippen LogP contribution in [0.1, 0.15) is 9.88 Å². The number of aromatic nitrogens is 3. The number of urea groups is 1. The van der Waals surface area contributed by atoms with Crippen molar-refractivity contribution in [1.29, 1.82) is 0 Å². The van der Waals surface area contributed by atoms with Gasteiger partial charge >= 0.3 is 6.03 Å². The van der Waals surface area contributed by atoms with Crippen molar-refractivity contribution in [2.75, 3.05) is 11.9 Å². The Hall–Kier alpha value is -2.67. The quantitative estimate of drug-likeness (QED) is 0.748. The van der Waals surface area contributed by atoms with Gasteiger partial charge in [0, 0.05) is 42.8 Å². The molecule has 0 aliphatic carbocycles. The third-order valence-electron chi connectivity index (χ3n) is 3.44. The molecule has 124 valence electrons. The van der Waals surface area contributed by atoms with Gasteiger partial charge in [-0.05, 0) is 12.5 Å². The molecule has 2 aromatic heterocycles. The summed E-state index contributed by atoms with van der Waals surface area (Å²) in [6.07, 6.45) is 4.46. The van der Waals surface area contributed by atoms with Gasteiger partial charge in [0.25, 0.3) is 0 Å². The SMILES string of the molecule is Cc1cnc(CCNC(=O)Nc2nn(C)cc2-c2ccccc2)s1. The minimum Gasteiger partial charge on any atom is -0.337 e. The van der Waals surface area contributed by atoms with Gasteiger partial charge in [-0.25, -0.2) is 9.78 Å². The highest BCUT2D eigenvalue weighted by Gasteiger charge is 2.12. The molecule has 0 saturated heterocycles. The van der Waals surface area contributed by atoms with Gasteiger partial charge in [0.1, 0.15) is 0 Å². The Bertz CT molecular complexity index is 825. The number of carbonyl (C=O) groups excluding carboxylic acids is 1. The second-order valence-electron chi connectivity index (χ2n) is 5.43. The van der Waals surface area contributed by atoms with Crippen LogP contribution in [0.2, 0.25) is 0 Å². The normalized spacial score (nSPS) is 10.6. The number of amides is 2. The van der Waals surface area contributed by atoms with Crippen LogP contribution in [0.5, 0.6) is 0 Å². The number of nitrogens with zero attached hydrogens (tertiary/aromatic N) is 3. The molecule has 1 aromatic carbocycles. The number of anilines is 1. The van der Waals surface area contributed by atoms with Crippen molar-refractivity contribution >= 4 is 23.2 Å². The molecule has 0 spiro atoms. The molecule has 0 aliphatic rings. The molecule has 0 radical (unpaired) electrons. The standard InChI is InChI=1S/C17H19N5OS/c1-12-10-19-15(24-12)8-9-18-17(23)20-16-14(11-22(2)21-16)13-6-4-3-5-7-13/h3-7,10-11H,8-9H2,1-2H3,(H2,18,20,21,23). The molecule has 2 amide bonds. The molecule has 0 saturated carbocycles. The number of aryl methyl sites for hydroxylation is 2. The van der Waals surface area contributed by atoms with E-state index in [1.54, 1.807) is 16.0 Å². The second kappa shape index (κ2) is 7.27. The highest BCUT2D eigenvalue weighted by Crippen LogP contribution is 2.26. The van der Waals surface area contributed by atoms with E-state index < -0.39 is 0 Å². The maximum absolute atomic E-state index is 12.1. The first-order valence-corrected chi connectivity index (χ1v) is 8.48. The average Bonchev–Trinajstić information content (AvgIpc) is 3.14. The van der Waals surface area contributed by atoms with Crippen molar-refractivity contribution in [3.05, 3.63) is 52.6 Å². The smallest absolute Gasteiger partial charge is 0.320 e. The van der Waals surface area contributed by atoms with E-state index in [0.717, 1.165) is 22.6 Å². The second-order valence-corrected chi connectivity index (χ2v) is 6.75. The van der Waals surface area contributed by atoms with Crippen LogP contribution in [0.25, 0.3) is 11.1 Å². The average molecular weight is 341 g/mol. The lowest BCUT2D eigenvalue weighted by atomic mass is 10.1. The highest BCUT2D eigenvalue weighted by molar-refractivity contribution is 7.11. The van der Waals surface area contributed by atoms with Crippen molar-refractivity contribution in [3.63, 3.8) is 0 Å². The largest absolute Gasteiger partial charge is 0.337 e. The summed E-state index contributed by atoms with van der Waals surface area (Å²) in [5.74, 6) is 0.547. The number of hydrogen-bond donors (Lipinski definition) is 2. The lowest BCUT2D eigenvalue weighted by molar-refractivity contribution is 0.252. The van der Waals surface area contributed by atoms with E-state index in [0.29, 0.717) is 12.4 Å². The first kappa shape index (κ1) is 16.2. The van der Waals surface area contributed by atoms with Gasteiger partial charge in [-0.3, -0.25) is 10.00 Å². The van der Waals surface area contributed by atoms with Crippen LogP contribution in [0, 0.1) is 6.92 Å². The summed E-state index contributed by atoms with van der Waals surface area (Å²) in [4.78, 5) is 17.6. The molecule has 24 heavy (non-hydrogen) atoms. The molecule has 2 N–H and O–H groups in total. The fraction of sp³-hybridized carbons (Fsp3) is 0.235. The Morgan fingerprint density at radius 2 is 2.08 bits per heavy atom. The Kier molecular flexibility index (Phi) is 4.90. The Morgan fingerprint density at radius 3 is 2.79 bits per heavy atom. The molecule has 0 atom stereocenters. The Morgan fingerprint density at radius 1 is 1.29 bits per heavy atom. The summed E-state index contributed by atoms with van der Waals surface area (Å²) in [5.41, 5.74) is 1.91. The maximum Gasteiger partial charge on any atom is 0.320 e. The molecule has 3 aromatic rings. The van der Waals surface area contributed by atoms with Gasteiger partial charge in [0.15, 0.2) is 5.82 Å². The minimum absolute atomic E-state index is 0.265. The van der Waals surface area contributed by atoms with Crippen LogP contribution < -0.4 is 10.6 Å².